The van der Waals surface area contributed by atoms with Crippen LogP contribution in [0.15, 0.2) is 46.9 Å². The molecule has 4 unspecified atom stereocenters. The quantitative estimate of drug-likeness (QED) is 0.256. The maximum absolute atomic E-state index is 13.5. The number of nitrogens with zero attached hydrogens (tertiary/aromatic N) is 1. The van der Waals surface area contributed by atoms with Crippen molar-refractivity contribution in [2.24, 2.45) is 5.92 Å². The summed E-state index contributed by atoms with van der Waals surface area (Å²) in [7, 11) is 3.07. The molecule has 3 N–H and O–H groups in total. The SMILES string of the molecule is COCC(O)CN1CCC(Nc2cccc3c2C=C(C#CCNc2ccc([S+](C)[O-])cc2OC)C(CC(F)(F)F)C3)C1. The molecule has 2 aromatic rings. The summed E-state index contributed by atoms with van der Waals surface area (Å²) in [5.41, 5.74) is 3.72. The second-order valence-corrected chi connectivity index (χ2v) is 12.0. The molecule has 0 spiro atoms. The van der Waals surface area contributed by atoms with Gasteiger partial charge in [0.05, 0.1) is 38.5 Å². The fraction of sp³-hybridized carbons (Fsp3) is 0.484. The highest BCUT2D eigenvalue weighted by Crippen LogP contribution is 2.39. The fourth-order valence-electron chi connectivity index (χ4n) is 5.50. The van der Waals surface area contributed by atoms with Crippen LogP contribution in [0.1, 0.15) is 24.0 Å². The third kappa shape index (κ3) is 8.82. The molecule has 0 aromatic heterocycles. The molecule has 1 heterocycles. The maximum Gasteiger partial charge on any atom is 0.389 e. The Morgan fingerprint density at radius 2 is 2.02 bits per heavy atom. The first-order valence-electron chi connectivity index (χ1n) is 13.9. The van der Waals surface area contributed by atoms with Crippen molar-refractivity contribution in [3.63, 3.8) is 0 Å². The Morgan fingerprint density at radius 1 is 1.21 bits per heavy atom. The number of ether oxygens (including phenoxy) is 2. The van der Waals surface area contributed by atoms with E-state index >= 15 is 0 Å². The number of aliphatic hydroxyl groups is 1. The molecule has 0 amide bonds. The minimum atomic E-state index is -4.31. The molecule has 4 atom stereocenters. The van der Waals surface area contributed by atoms with Crippen LogP contribution >= 0.6 is 0 Å². The van der Waals surface area contributed by atoms with Crippen LogP contribution in [0, 0.1) is 17.8 Å². The van der Waals surface area contributed by atoms with Gasteiger partial charge in [-0.1, -0.05) is 24.0 Å². The Labute approximate surface area is 248 Å². The van der Waals surface area contributed by atoms with Gasteiger partial charge in [0.15, 0.2) is 4.90 Å². The standard InChI is InChI=1S/C31H38F3N3O4S/c1-40-20-25(38)19-37-13-11-24(18-37)36-28-8-4-6-22-14-23(17-31(32,33)34)21(15-27(22)28)7-5-12-35-29-10-9-26(42(3)39)16-30(29)41-2/h4,6,8-10,15-16,23-25,35-36,38H,11-14,17-20H2,1-3H3. The lowest BCUT2D eigenvalue weighted by atomic mass is 9.81. The van der Waals surface area contributed by atoms with E-state index in [0.717, 1.165) is 36.3 Å². The first-order chi connectivity index (χ1) is 20.1. The molecule has 0 saturated carbocycles. The van der Waals surface area contributed by atoms with E-state index in [1.165, 1.54) is 7.11 Å². The molecule has 1 aliphatic heterocycles. The summed E-state index contributed by atoms with van der Waals surface area (Å²) in [6.45, 7) is 2.59. The first kappa shape index (κ1) is 32.0. The van der Waals surface area contributed by atoms with Gasteiger partial charge in [0.25, 0.3) is 0 Å². The van der Waals surface area contributed by atoms with Gasteiger partial charge in [-0.25, -0.2) is 0 Å². The van der Waals surface area contributed by atoms with Crippen molar-refractivity contribution in [1.82, 2.24) is 4.90 Å². The Bertz CT molecular complexity index is 1310. The van der Waals surface area contributed by atoms with E-state index in [4.69, 9.17) is 9.47 Å². The highest BCUT2D eigenvalue weighted by molar-refractivity contribution is 7.90. The van der Waals surface area contributed by atoms with E-state index in [1.54, 1.807) is 37.6 Å². The predicted octanol–water partition coefficient (Wildman–Crippen LogP) is 4.55. The van der Waals surface area contributed by atoms with Gasteiger partial charge in [0.2, 0.25) is 0 Å². The van der Waals surface area contributed by atoms with E-state index in [1.807, 2.05) is 18.2 Å². The zero-order chi connectivity index (χ0) is 30.3. The van der Waals surface area contributed by atoms with Gasteiger partial charge in [0.1, 0.15) is 12.0 Å². The van der Waals surface area contributed by atoms with Gasteiger partial charge in [-0.2, -0.15) is 13.2 Å². The molecule has 1 aliphatic carbocycles. The predicted molar refractivity (Wildman–Crippen MR) is 160 cm³/mol. The van der Waals surface area contributed by atoms with Crippen LogP contribution in [0.2, 0.25) is 0 Å². The molecule has 1 fully saturated rings. The molecule has 0 radical (unpaired) electrons. The van der Waals surface area contributed by atoms with Gasteiger partial charge >= 0.3 is 6.18 Å². The van der Waals surface area contributed by atoms with Crippen LogP contribution in [0.3, 0.4) is 0 Å². The van der Waals surface area contributed by atoms with Crippen LogP contribution in [0.25, 0.3) is 6.08 Å². The summed E-state index contributed by atoms with van der Waals surface area (Å²) in [6, 6.07) is 11.0. The van der Waals surface area contributed by atoms with Crippen molar-refractivity contribution in [1.29, 1.82) is 0 Å². The summed E-state index contributed by atoms with van der Waals surface area (Å²) in [5, 5.41) is 16.8. The smallest absolute Gasteiger partial charge is 0.389 e. The van der Waals surface area contributed by atoms with Crippen LogP contribution in [0.4, 0.5) is 24.5 Å². The number of hydrogen-bond donors (Lipinski definition) is 3. The lowest BCUT2D eigenvalue weighted by molar-refractivity contribution is -0.141. The lowest BCUT2D eigenvalue weighted by Crippen LogP contribution is -2.34. The number of fused-ring (bicyclic) bond motifs is 1. The summed E-state index contributed by atoms with van der Waals surface area (Å²) in [5.74, 6) is 5.76. The van der Waals surface area contributed by atoms with E-state index in [9.17, 15) is 22.8 Å². The molecule has 0 bridgehead atoms. The van der Waals surface area contributed by atoms with Crippen molar-refractivity contribution in [3.05, 3.63) is 53.1 Å². The summed E-state index contributed by atoms with van der Waals surface area (Å²) in [4.78, 5) is 2.81. The van der Waals surface area contributed by atoms with Gasteiger partial charge in [-0.3, -0.25) is 4.90 Å². The molecule has 4 rings (SSSR count). The highest BCUT2D eigenvalue weighted by Gasteiger charge is 2.35. The zero-order valence-corrected chi connectivity index (χ0v) is 24.9. The first-order valence-corrected chi connectivity index (χ1v) is 15.4. The number of halogens is 3. The number of hydrogen-bond acceptors (Lipinski definition) is 7. The van der Waals surface area contributed by atoms with E-state index < -0.39 is 35.8 Å². The largest absolute Gasteiger partial charge is 0.612 e. The molecule has 42 heavy (non-hydrogen) atoms. The molecular formula is C31H38F3N3O4S. The Balaban J connectivity index is 1.50. The number of nitrogens with one attached hydrogen (secondary N) is 2. The molecule has 228 valence electrons. The van der Waals surface area contributed by atoms with Crippen molar-refractivity contribution in [3.8, 4) is 17.6 Å². The number of anilines is 2. The number of alkyl halides is 3. The monoisotopic (exact) mass is 605 g/mol. The van der Waals surface area contributed by atoms with Crippen molar-refractivity contribution in [2.75, 3.05) is 63.9 Å². The van der Waals surface area contributed by atoms with Gasteiger partial charge in [-0.05, 0) is 53.9 Å². The van der Waals surface area contributed by atoms with Gasteiger partial charge < -0.3 is 29.8 Å². The summed E-state index contributed by atoms with van der Waals surface area (Å²) >= 11 is -1.16. The zero-order valence-electron chi connectivity index (χ0n) is 24.1. The van der Waals surface area contributed by atoms with Crippen LogP contribution in [0.5, 0.6) is 5.75 Å². The third-order valence-electron chi connectivity index (χ3n) is 7.45. The van der Waals surface area contributed by atoms with Crippen molar-refractivity contribution >= 4 is 28.6 Å². The molecule has 11 heteroatoms. The molecule has 2 aliphatic rings. The second-order valence-electron chi connectivity index (χ2n) is 10.7. The maximum atomic E-state index is 13.5. The Kier molecular flexibility index (Phi) is 11.1. The lowest BCUT2D eigenvalue weighted by Gasteiger charge is -2.27. The Morgan fingerprint density at radius 3 is 2.74 bits per heavy atom. The average Bonchev–Trinajstić information content (AvgIpc) is 3.37. The van der Waals surface area contributed by atoms with Crippen molar-refractivity contribution in [2.45, 2.75) is 42.5 Å². The number of likely N-dealkylation sites (tertiary alicyclic amines) is 1. The van der Waals surface area contributed by atoms with E-state index in [2.05, 4.69) is 27.4 Å². The number of aliphatic hydroxyl groups excluding tert-OH is 1. The molecule has 2 aromatic carbocycles. The minimum Gasteiger partial charge on any atom is -0.612 e. The number of allylic oxidation sites excluding steroid dienone is 1. The number of methoxy groups -OCH3 is 2. The summed E-state index contributed by atoms with van der Waals surface area (Å²) < 4.78 is 62.8. The third-order valence-corrected chi connectivity index (χ3v) is 8.36. The average molecular weight is 606 g/mol. The fourth-order valence-corrected chi connectivity index (χ4v) is 6.03. The normalized spacial score (nSPS) is 20.1. The molecule has 1 saturated heterocycles. The van der Waals surface area contributed by atoms with Gasteiger partial charge in [0, 0.05) is 61.6 Å². The van der Waals surface area contributed by atoms with Crippen LogP contribution < -0.4 is 15.4 Å². The van der Waals surface area contributed by atoms with Crippen molar-refractivity contribution < 1.29 is 32.3 Å². The van der Waals surface area contributed by atoms with E-state index in [-0.39, 0.29) is 25.6 Å². The highest BCUT2D eigenvalue weighted by atomic mass is 32.2. The number of rotatable bonds is 11. The number of benzene rings is 2. The Hall–Kier alpha value is -2.88. The topological polar surface area (TPSA) is 89.1 Å². The van der Waals surface area contributed by atoms with Gasteiger partial charge in [-0.15, -0.1) is 0 Å². The second kappa shape index (κ2) is 14.5. The van der Waals surface area contributed by atoms with Crippen LogP contribution in [-0.2, 0) is 22.3 Å². The minimum absolute atomic E-state index is 0.151. The molecule has 7 nitrogen and oxygen atoms in total. The summed E-state index contributed by atoms with van der Waals surface area (Å²) in [6.07, 6.45) is -1.28. The van der Waals surface area contributed by atoms with E-state index in [0.29, 0.717) is 28.5 Å². The molecular weight excluding hydrogens is 567 g/mol. The number of β-amino-alcohol motifs (C(OH)–C–C–N with tert-alkyl or cyclic N) is 1. The van der Waals surface area contributed by atoms with Crippen LogP contribution in [-0.4, -0.2) is 86.1 Å².